The number of nitrogens with one attached hydrogen (secondary N) is 1. The van der Waals surface area contributed by atoms with Gasteiger partial charge >= 0.3 is 0 Å². The molecule has 3 aromatic rings. The first-order chi connectivity index (χ1) is 12.5. The Kier molecular flexibility index (Phi) is 4.81. The monoisotopic (exact) mass is 352 g/mol. The van der Waals surface area contributed by atoms with Crippen LogP contribution in [-0.4, -0.2) is 4.98 Å². The fraction of sp³-hybridized carbons (Fsp3) is 0.100. The molecule has 3 rings (SSSR count). The van der Waals surface area contributed by atoms with Gasteiger partial charge in [-0.25, -0.2) is 8.78 Å². The van der Waals surface area contributed by atoms with Crippen molar-refractivity contribution < 1.29 is 13.5 Å². The molecule has 0 fully saturated rings. The standard InChI is InChI=1S/C20H14F2N2O2/c1-12-8-16(17(10-23)20(25)24-12)14-4-2-13(3-5-14)11-26-19-9-15(21)6-7-18(19)22/h2-9H,11H2,1H3,(H,24,25). The molecule has 0 saturated heterocycles. The average Bonchev–Trinajstić information content (AvgIpc) is 2.62. The van der Waals surface area contributed by atoms with Gasteiger partial charge in [-0.2, -0.15) is 5.26 Å². The summed E-state index contributed by atoms with van der Waals surface area (Å²) in [6, 6.07) is 13.6. The molecule has 6 heteroatoms. The molecular weight excluding hydrogens is 338 g/mol. The van der Waals surface area contributed by atoms with Crippen molar-refractivity contribution in [3.8, 4) is 22.9 Å². The van der Waals surface area contributed by atoms with Gasteiger partial charge in [0.05, 0.1) is 0 Å². The van der Waals surface area contributed by atoms with Crippen molar-refractivity contribution in [2.24, 2.45) is 0 Å². The molecule has 130 valence electrons. The minimum absolute atomic E-state index is 0.0430. The van der Waals surface area contributed by atoms with E-state index in [2.05, 4.69) is 4.98 Å². The van der Waals surface area contributed by atoms with Crippen LogP contribution < -0.4 is 10.3 Å². The highest BCUT2D eigenvalue weighted by Gasteiger charge is 2.10. The van der Waals surface area contributed by atoms with Crippen LogP contribution in [0.3, 0.4) is 0 Å². The highest BCUT2D eigenvalue weighted by atomic mass is 19.1. The number of H-pyrrole nitrogens is 1. The van der Waals surface area contributed by atoms with Crippen LogP contribution in [0.4, 0.5) is 8.78 Å². The zero-order chi connectivity index (χ0) is 18.7. The summed E-state index contributed by atoms with van der Waals surface area (Å²) in [7, 11) is 0. The van der Waals surface area contributed by atoms with Crippen LogP contribution >= 0.6 is 0 Å². The van der Waals surface area contributed by atoms with E-state index in [1.54, 1.807) is 37.3 Å². The van der Waals surface area contributed by atoms with E-state index in [0.29, 0.717) is 16.8 Å². The highest BCUT2D eigenvalue weighted by Crippen LogP contribution is 2.23. The van der Waals surface area contributed by atoms with E-state index in [-0.39, 0.29) is 17.9 Å². The van der Waals surface area contributed by atoms with E-state index in [0.717, 1.165) is 23.8 Å². The third-order valence-corrected chi connectivity index (χ3v) is 3.83. The molecule has 1 N–H and O–H groups in total. The molecule has 0 bridgehead atoms. The first-order valence-corrected chi connectivity index (χ1v) is 7.79. The van der Waals surface area contributed by atoms with Crippen LogP contribution in [0.25, 0.3) is 11.1 Å². The summed E-state index contributed by atoms with van der Waals surface area (Å²) in [4.78, 5) is 14.5. The second-order valence-electron chi connectivity index (χ2n) is 5.74. The van der Waals surface area contributed by atoms with Gasteiger partial charge < -0.3 is 9.72 Å². The lowest BCUT2D eigenvalue weighted by Gasteiger charge is -2.09. The summed E-state index contributed by atoms with van der Waals surface area (Å²) >= 11 is 0. The molecular formula is C20H14F2N2O2. The van der Waals surface area contributed by atoms with Gasteiger partial charge in [0.1, 0.15) is 24.1 Å². The van der Waals surface area contributed by atoms with Gasteiger partial charge in [0.25, 0.3) is 5.56 Å². The van der Waals surface area contributed by atoms with Crippen LogP contribution in [0.15, 0.2) is 53.3 Å². The summed E-state index contributed by atoms with van der Waals surface area (Å²) in [5, 5.41) is 9.21. The van der Waals surface area contributed by atoms with Gasteiger partial charge in [-0.05, 0) is 36.2 Å². The molecule has 4 nitrogen and oxygen atoms in total. The molecule has 0 unspecified atom stereocenters. The SMILES string of the molecule is Cc1cc(-c2ccc(COc3cc(F)ccc3F)cc2)c(C#N)c(=O)[nH]1. The molecule has 0 radical (unpaired) electrons. The quantitative estimate of drug-likeness (QED) is 0.769. The predicted octanol–water partition coefficient (Wildman–Crippen LogP) is 4.08. The Morgan fingerprint density at radius 2 is 1.85 bits per heavy atom. The third-order valence-electron chi connectivity index (χ3n) is 3.83. The number of nitriles is 1. The number of aromatic amines is 1. The molecule has 0 aliphatic heterocycles. The smallest absolute Gasteiger partial charge is 0.266 e. The molecule has 0 spiro atoms. The lowest BCUT2D eigenvalue weighted by atomic mass is 10.00. The number of ether oxygens (including phenoxy) is 1. The summed E-state index contributed by atoms with van der Waals surface area (Å²) in [6.45, 7) is 1.79. The van der Waals surface area contributed by atoms with Crippen LogP contribution in [0.5, 0.6) is 5.75 Å². The van der Waals surface area contributed by atoms with Crippen molar-refractivity contribution in [2.45, 2.75) is 13.5 Å². The van der Waals surface area contributed by atoms with E-state index in [1.807, 2.05) is 6.07 Å². The summed E-state index contributed by atoms with van der Waals surface area (Å²) in [6.07, 6.45) is 0. The zero-order valence-electron chi connectivity index (χ0n) is 13.8. The fourth-order valence-corrected chi connectivity index (χ4v) is 2.56. The van der Waals surface area contributed by atoms with Crippen LogP contribution in [0.1, 0.15) is 16.8 Å². The topological polar surface area (TPSA) is 65.9 Å². The van der Waals surface area contributed by atoms with E-state index >= 15 is 0 Å². The van der Waals surface area contributed by atoms with Crippen molar-refractivity contribution in [1.82, 2.24) is 4.98 Å². The molecule has 1 heterocycles. The summed E-state index contributed by atoms with van der Waals surface area (Å²) in [5.41, 5.74) is 2.24. The second-order valence-corrected chi connectivity index (χ2v) is 5.74. The predicted molar refractivity (Wildman–Crippen MR) is 92.6 cm³/mol. The maximum absolute atomic E-state index is 13.6. The van der Waals surface area contributed by atoms with Gasteiger partial charge in [-0.1, -0.05) is 24.3 Å². The normalized spacial score (nSPS) is 10.4. The maximum Gasteiger partial charge on any atom is 0.266 e. The van der Waals surface area contributed by atoms with Crippen LogP contribution in [-0.2, 0) is 6.61 Å². The molecule has 26 heavy (non-hydrogen) atoms. The molecule has 0 atom stereocenters. The van der Waals surface area contributed by atoms with Crippen molar-refractivity contribution in [3.63, 3.8) is 0 Å². The van der Waals surface area contributed by atoms with Crippen molar-refractivity contribution in [3.05, 3.63) is 87.3 Å². The fourth-order valence-electron chi connectivity index (χ4n) is 2.56. The van der Waals surface area contributed by atoms with Crippen molar-refractivity contribution in [1.29, 1.82) is 5.26 Å². The largest absolute Gasteiger partial charge is 0.486 e. The van der Waals surface area contributed by atoms with E-state index < -0.39 is 17.2 Å². The first kappa shape index (κ1) is 17.4. The van der Waals surface area contributed by atoms with E-state index in [9.17, 15) is 18.8 Å². The molecule has 0 amide bonds. The van der Waals surface area contributed by atoms with Crippen molar-refractivity contribution >= 4 is 0 Å². The van der Waals surface area contributed by atoms with Crippen LogP contribution in [0, 0.1) is 29.9 Å². The van der Waals surface area contributed by atoms with E-state index in [4.69, 9.17) is 4.74 Å². The Hall–Kier alpha value is -3.46. The number of aromatic nitrogens is 1. The van der Waals surface area contributed by atoms with Gasteiger partial charge in [-0.3, -0.25) is 4.79 Å². The Labute approximate surface area is 148 Å². The van der Waals surface area contributed by atoms with Crippen LogP contribution in [0.2, 0.25) is 0 Å². The van der Waals surface area contributed by atoms with Gasteiger partial charge in [0.2, 0.25) is 0 Å². The number of benzene rings is 2. The van der Waals surface area contributed by atoms with Gasteiger partial charge in [0, 0.05) is 17.3 Å². The minimum Gasteiger partial charge on any atom is -0.486 e. The summed E-state index contributed by atoms with van der Waals surface area (Å²) in [5.74, 6) is -1.38. The Morgan fingerprint density at radius 3 is 2.54 bits per heavy atom. The Bertz CT molecular complexity index is 1050. The number of aryl methyl sites for hydroxylation is 1. The Balaban J connectivity index is 1.83. The molecule has 0 aliphatic rings. The molecule has 0 saturated carbocycles. The summed E-state index contributed by atoms with van der Waals surface area (Å²) < 4.78 is 32.0. The number of hydrogen-bond donors (Lipinski definition) is 1. The molecule has 0 aliphatic carbocycles. The van der Waals surface area contributed by atoms with Crippen molar-refractivity contribution in [2.75, 3.05) is 0 Å². The second kappa shape index (κ2) is 7.19. The van der Waals surface area contributed by atoms with Gasteiger partial charge in [0.15, 0.2) is 11.6 Å². The highest BCUT2D eigenvalue weighted by molar-refractivity contribution is 5.70. The number of halogens is 2. The molecule has 2 aromatic carbocycles. The third kappa shape index (κ3) is 3.62. The number of pyridine rings is 1. The number of nitrogens with zero attached hydrogens (tertiary/aromatic N) is 1. The number of hydrogen-bond acceptors (Lipinski definition) is 3. The average molecular weight is 352 g/mol. The zero-order valence-corrected chi connectivity index (χ0v) is 13.8. The first-order valence-electron chi connectivity index (χ1n) is 7.79. The Morgan fingerprint density at radius 1 is 1.12 bits per heavy atom. The number of rotatable bonds is 4. The minimum atomic E-state index is -0.638. The molecule has 1 aromatic heterocycles. The van der Waals surface area contributed by atoms with Gasteiger partial charge in [-0.15, -0.1) is 0 Å². The van der Waals surface area contributed by atoms with E-state index in [1.165, 1.54) is 0 Å². The lowest BCUT2D eigenvalue weighted by molar-refractivity contribution is 0.288. The maximum atomic E-state index is 13.6. The lowest BCUT2D eigenvalue weighted by Crippen LogP contribution is -2.12.